The summed E-state index contributed by atoms with van der Waals surface area (Å²) in [6.07, 6.45) is 0. The summed E-state index contributed by atoms with van der Waals surface area (Å²) in [5, 5.41) is 2.25. The van der Waals surface area contributed by atoms with Crippen molar-refractivity contribution in [3.63, 3.8) is 0 Å². The van der Waals surface area contributed by atoms with Crippen LogP contribution in [0.3, 0.4) is 0 Å². The molecular weight excluding hydrogens is 430 g/mol. The number of nitrogens with zero attached hydrogens (tertiary/aromatic N) is 1. The first-order valence-electron chi connectivity index (χ1n) is 10.3. The van der Waals surface area contributed by atoms with Crippen molar-refractivity contribution in [2.45, 2.75) is 30.2 Å². The quantitative estimate of drug-likeness (QED) is 0.577. The second-order valence-electron chi connectivity index (χ2n) is 7.69. The largest absolute Gasteiger partial charge is 0.352 e. The monoisotopic (exact) mass is 452 g/mol. The maximum absolute atomic E-state index is 13.4. The van der Waals surface area contributed by atoms with E-state index in [9.17, 15) is 18.4 Å². The fraction of sp³-hybridized carbons (Fsp3) is 0.200. The van der Waals surface area contributed by atoms with Gasteiger partial charge in [0.25, 0.3) is 0 Å². The minimum absolute atomic E-state index is 0.164. The molecule has 1 heterocycles. The highest BCUT2D eigenvalue weighted by Gasteiger charge is 2.39. The summed E-state index contributed by atoms with van der Waals surface area (Å²) in [6, 6.07) is 19.5. The van der Waals surface area contributed by atoms with Crippen molar-refractivity contribution in [2.24, 2.45) is 5.92 Å². The number of anilines is 1. The van der Waals surface area contributed by atoms with Gasteiger partial charge in [-0.2, -0.15) is 0 Å². The summed E-state index contributed by atoms with van der Waals surface area (Å²) in [4.78, 5) is 28.8. The first kappa shape index (κ1) is 22.0. The molecule has 0 radical (unpaired) electrons. The first-order chi connectivity index (χ1) is 15.4. The normalized spacial score (nSPS) is 16.4. The Balaban J connectivity index is 1.51. The van der Waals surface area contributed by atoms with Crippen LogP contribution in [0, 0.1) is 17.6 Å². The fourth-order valence-electron chi connectivity index (χ4n) is 3.58. The zero-order valence-electron chi connectivity index (χ0n) is 17.4. The van der Waals surface area contributed by atoms with E-state index in [4.69, 9.17) is 0 Å². The number of fused-ring (bicyclic) bond motifs is 1. The average molecular weight is 453 g/mol. The van der Waals surface area contributed by atoms with Gasteiger partial charge in [0.1, 0.15) is 16.9 Å². The highest BCUT2D eigenvalue weighted by atomic mass is 32.2. The van der Waals surface area contributed by atoms with E-state index in [1.165, 1.54) is 36.0 Å². The summed E-state index contributed by atoms with van der Waals surface area (Å²) in [7, 11) is 0. The van der Waals surface area contributed by atoms with E-state index in [2.05, 4.69) is 5.32 Å². The maximum Gasteiger partial charge on any atom is 0.241 e. The van der Waals surface area contributed by atoms with E-state index in [1.54, 1.807) is 36.1 Å². The molecule has 0 saturated carbocycles. The van der Waals surface area contributed by atoms with Crippen LogP contribution in [-0.4, -0.2) is 17.1 Å². The predicted octanol–water partition coefficient (Wildman–Crippen LogP) is 4.92. The van der Waals surface area contributed by atoms with Crippen LogP contribution < -0.4 is 10.2 Å². The zero-order chi connectivity index (χ0) is 22.7. The lowest BCUT2D eigenvalue weighted by molar-refractivity contribution is -0.128. The van der Waals surface area contributed by atoms with Gasteiger partial charge in [-0.25, -0.2) is 8.78 Å². The molecule has 3 aromatic rings. The van der Waals surface area contributed by atoms with Gasteiger partial charge >= 0.3 is 0 Å². The lowest BCUT2D eigenvalue weighted by Crippen LogP contribution is -2.47. The Bertz CT molecular complexity index is 1120. The minimum atomic E-state index is -0.599. The Morgan fingerprint density at radius 1 is 0.969 bits per heavy atom. The number of carbonyl (C=O) groups is 2. The molecule has 2 atom stereocenters. The van der Waals surface area contributed by atoms with Crippen molar-refractivity contribution in [3.05, 3.63) is 95.6 Å². The standard InChI is InChI=1S/C25H22F2N2O2S/c1-16(24(30)28-14-17-6-10-19(26)11-7-17)23-25(31)29(15-18-8-12-20(27)13-9-18)21-4-2-3-5-22(21)32-23/h2-13,16,23H,14-15H2,1H3,(H,28,30)/t16-,23-/m1/s1. The van der Waals surface area contributed by atoms with Gasteiger partial charge in [-0.3, -0.25) is 9.59 Å². The summed E-state index contributed by atoms with van der Waals surface area (Å²) in [5.41, 5.74) is 2.36. The number of carbonyl (C=O) groups excluding carboxylic acids is 2. The van der Waals surface area contributed by atoms with Gasteiger partial charge in [0, 0.05) is 11.4 Å². The van der Waals surface area contributed by atoms with Crippen LogP contribution in [0.25, 0.3) is 0 Å². The third kappa shape index (κ3) is 4.83. The van der Waals surface area contributed by atoms with Gasteiger partial charge in [0.05, 0.1) is 18.2 Å². The molecule has 164 valence electrons. The number of hydrogen-bond acceptors (Lipinski definition) is 3. The molecule has 0 unspecified atom stereocenters. The number of benzene rings is 3. The van der Waals surface area contributed by atoms with Gasteiger partial charge in [0.2, 0.25) is 11.8 Å². The molecule has 0 fully saturated rings. The number of para-hydroxylation sites is 1. The van der Waals surface area contributed by atoms with Crippen LogP contribution in [-0.2, 0) is 22.7 Å². The Kier molecular flexibility index (Phi) is 6.55. The summed E-state index contributed by atoms with van der Waals surface area (Å²) in [6.45, 7) is 2.28. The Labute approximate surface area is 189 Å². The van der Waals surface area contributed by atoms with E-state index in [-0.39, 0.29) is 36.5 Å². The zero-order valence-corrected chi connectivity index (χ0v) is 18.2. The SMILES string of the molecule is C[C@@H](C(=O)NCc1ccc(F)cc1)[C@H]1Sc2ccccc2N(Cc2ccc(F)cc2)C1=O. The lowest BCUT2D eigenvalue weighted by atomic mass is 10.0. The van der Waals surface area contributed by atoms with E-state index in [1.807, 2.05) is 24.3 Å². The maximum atomic E-state index is 13.4. The number of rotatable bonds is 6. The van der Waals surface area contributed by atoms with Crippen LogP contribution in [0.5, 0.6) is 0 Å². The van der Waals surface area contributed by atoms with Crippen molar-refractivity contribution in [3.8, 4) is 0 Å². The molecule has 3 aromatic carbocycles. The minimum Gasteiger partial charge on any atom is -0.352 e. The molecule has 0 aliphatic carbocycles. The van der Waals surface area contributed by atoms with Crippen molar-refractivity contribution in [2.75, 3.05) is 4.90 Å². The molecule has 4 rings (SSSR count). The third-order valence-corrected chi connectivity index (χ3v) is 6.88. The Hall–Kier alpha value is -3.19. The van der Waals surface area contributed by atoms with E-state index in [0.29, 0.717) is 0 Å². The molecule has 32 heavy (non-hydrogen) atoms. The van der Waals surface area contributed by atoms with E-state index < -0.39 is 11.2 Å². The highest BCUT2D eigenvalue weighted by Crippen LogP contribution is 2.42. The highest BCUT2D eigenvalue weighted by molar-refractivity contribution is 8.01. The van der Waals surface area contributed by atoms with Crippen molar-refractivity contribution >= 4 is 29.3 Å². The Morgan fingerprint density at radius 3 is 2.22 bits per heavy atom. The Morgan fingerprint density at radius 2 is 1.56 bits per heavy atom. The van der Waals surface area contributed by atoms with Crippen molar-refractivity contribution in [1.29, 1.82) is 0 Å². The van der Waals surface area contributed by atoms with Gasteiger partial charge in [-0.15, -0.1) is 11.8 Å². The number of amides is 2. The van der Waals surface area contributed by atoms with E-state index >= 15 is 0 Å². The van der Waals surface area contributed by atoms with Crippen LogP contribution in [0.4, 0.5) is 14.5 Å². The number of thioether (sulfide) groups is 1. The molecule has 0 aromatic heterocycles. The number of nitrogens with one attached hydrogen (secondary N) is 1. The van der Waals surface area contributed by atoms with Gasteiger partial charge in [-0.1, -0.05) is 43.3 Å². The molecule has 1 aliphatic heterocycles. The van der Waals surface area contributed by atoms with Gasteiger partial charge in [-0.05, 0) is 47.5 Å². The first-order valence-corrected chi connectivity index (χ1v) is 11.1. The molecule has 1 aliphatic rings. The fourth-order valence-corrected chi connectivity index (χ4v) is 4.87. The molecular formula is C25H22F2N2O2S. The lowest BCUT2D eigenvalue weighted by Gasteiger charge is -2.35. The molecule has 0 saturated heterocycles. The van der Waals surface area contributed by atoms with Crippen LogP contribution >= 0.6 is 11.8 Å². The van der Waals surface area contributed by atoms with Crippen LogP contribution in [0.1, 0.15) is 18.1 Å². The number of halogens is 2. The summed E-state index contributed by atoms with van der Waals surface area (Å²) >= 11 is 1.38. The van der Waals surface area contributed by atoms with Gasteiger partial charge in [0.15, 0.2) is 0 Å². The number of hydrogen-bond donors (Lipinski definition) is 1. The molecule has 1 N–H and O–H groups in total. The molecule has 4 nitrogen and oxygen atoms in total. The summed E-state index contributed by atoms with van der Waals surface area (Å²) in [5.74, 6) is -1.67. The van der Waals surface area contributed by atoms with Gasteiger partial charge < -0.3 is 10.2 Å². The van der Waals surface area contributed by atoms with Crippen LogP contribution in [0.2, 0.25) is 0 Å². The molecule has 2 amide bonds. The smallest absolute Gasteiger partial charge is 0.241 e. The van der Waals surface area contributed by atoms with Crippen molar-refractivity contribution in [1.82, 2.24) is 5.32 Å². The third-order valence-electron chi connectivity index (χ3n) is 5.42. The van der Waals surface area contributed by atoms with Crippen LogP contribution in [0.15, 0.2) is 77.7 Å². The van der Waals surface area contributed by atoms with Crippen molar-refractivity contribution < 1.29 is 18.4 Å². The topological polar surface area (TPSA) is 49.4 Å². The van der Waals surface area contributed by atoms with E-state index in [0.717, 1.165) is 21.7 Å². The predicted molar refractivity (Wildman–Crippen MR) is 121 cm³/mol. The molecule has 0 bridgehead atoms. The molecule has 0 spiro atoms. The second-order valence-corrected chi connectivity index (χ2v) is 8.87. The summed E-state index contributed by atoms with van der Waals surface area (Å²) < 4.78 is 26.4. The average Bonchev–Trinajstić information content (AvgIpc) is 2.81. The second kappa shape index (κ2) is 9.53. The molecule has 7 heteroatoms.